The molecule has 12 aromatic rings. The SMILES string of the molecule is CCC1(C)c2cc(N(/C(N)=C(/C=C(C)C)c3cccc4c3oc3ccccc34)c3ccc(C(C)(C)C)cc3)ccc2-c2c1cc(N(/C(C)=C/C=C(\C)C(C)(C)C)c1ncc(C)cc1-c1cccc3c1oc1ccccc13)c1c2oc2ccccc21. The number of nitrogens with zero attached hydrogens (tertiary/aromatic N) is 3. The second kappa shape index (κ2) is 20.5. The van der Waals surface area contributed by atoms with Gasteiger partial charge in [0.05, 0.1) is 11.1 Å². The third-order valence-corrected chi connectivity index (χ3v) is 18.0. The Labute approximate surface area is 499 Å². The van der Waals surface area contributed by atoms with Crippen LogP contribution < -0.4 is 15.5 Å². The molecule has 4 aromatic heterocycles. The summed E-state index contributed by atoms with van der Waals surface area (Å²) in [5.41, 5.74) is 29.1. The molecule has 0 spiro atoms. The second-order valence-corrected chi connectivity index (χ2v) is 25.9. The lowest BCUT2D eigenvalue weighted by Gasteiger charge is -2.32. The topological polar surface area (TPSA) is 84.8 Å². The monoisotopic (exact) mass is 1110 g/mol. The van der Waals surface area contributed by atoms with Crippen molar-refractivity contribution in [3.05, 3.63) is 239 Å². The van der Waals surface area contributed by atoms with Crippen molar-refractivity contribution in [2.75, 3.05) is 9.80 Å². The van der Waals surface area contributed by atoms with Crippen molar-refractivity contribution >= 4 is 94.3 Å². The molecule has 13 rings (SSSR count). The summed E-state index contributed by atoms with van der Waals surface area (Å²) in [5.74, 6) is 1.37. The van der Waals surface area contributed by atoms with Crippen LogP contribution in [-0.4, -0.2) is 4.98 Å². The first-order chi connectivity index (χ1) is 40.7. The van der Waals surface area contributed by atoms with Crippen LogP contribution in [0, 0.1) is 12.3 Å². The van der Waals surface area contributed by atoms with E-state index in [9.17, 15) is 0 Å². The molecule has 0 aliphatic heterocycles. The Morgan fingerprint density at radius 1 is 0.576 bits per heavy atom. The normalized spacial score (nSPS) is 15.1. The van der Waals surface area contributed by atoms with E-state index in [1.807, 2.05) is 30.5 Å². The highest BCUT2D eigenvalue weighted by Gasteiger charge is 2.43. The van der Waals surface area contributed by atoms with E-state index < -0.39 is 5.41 Å². The summed E-state index contributed by atoms with van der Waals surface area (Å²) >= 11 is 0. The Morgan fingerprint density at radius 3 is 1.81 bits per heavy atom. The number of furan rings is 3. The number of pyridine rings is 1. The highest BCUT2D eigenvalue weighted by molar-refractivity contribution is 6.19. The number of para-hydroxylation sites is 5. The van der Waals surface area contributed by atoms with Gasteiger partial charge in [-0.05, 0) is 140 Å². The van der Waals surface area contributed by atoms with Crippen LogP contribution in [0.5, 0.6) is 0 Å². The van der Waals surface area contributed by atoms with Crippen LogP contribution in [0.3, 0.4) is 0 Å². The van der Waals surface area contributed by atoms with Gasteiger partial charge in [0.2, 0.25) is 0 Å². The molecule has 1 atom stereocenters. The van der Waals surface area contributed by atoms with Crippen molar-refractivity contribution in [3.8, 4) is 22.3 Å². The van der Waals surface area contributed by atoms with Gasteiger partial charge in [0.1, 0.15) is 45.1 Å². The number of hydrogen-bond acceptors (Lipinski definition) is 7. The van der Waals surface area contributed by atoms with Gasteiger partial charge in [-0.15, -0.1) is 0 Å². The fourth-order valence-electron chi connectivity index (χ4n) is 12.8. The fraction of sp³-hybridized carbons (Fsp3) is 0.218. The molecule has 0 saturated heterocycles. The number of aromatic nitrogens is 1. The Bertz CT molecular complexity index is 4800. The minimum atomic E-state index is -0.499. The number of benzene rings is 8. The smallest absolute Gasteiger partial charge is 0.145 e. The molecule has 8 aromatic carbocycles. The van der Waals surface area contributed by atoms with Crippen LogP contribution in [-0.2, 0) is 10.8 Å². The molecule has 0 fully saturated rings. The first kappa shape index (κ1) is 54.9. The first-order valence-electron chi connectivity index (χ1n) is 29.9. The van der Waals surface area contributed by atoms with E-state index >= 15 is 0 Å². The van der Waals surface area contributed by atoms with E-state index in [0.717, 1.165) is 145 Å². The maximum absolute atomic E-state index is 7.86. The van der Waals surface area contributed by atoms with Crippen molar-refractivity contribution in [2.24, 2.45) is 11.1 Å². The van der Waals surface area contributed by atoms with E-state index in [1.165, 1.54) is 22.3 Å². The second-order valence-electron chi connectivity index (χ2n) is 25.9. The number of rotatable bonds is 11. The van der Waals surface area contributed by atoms with Gasteiger partial charge in [-0.25, -0.2) is 4.98 Å². The standard InChI is InChI=1S/C78H74N4O3/c1-14-78(13)63-43-52(82(51-37-35-50(36-38-51)77(10,11)12)74(79)61(41-46(2)3)57-28-21-26-55-53-23-15-18-30-66(53)83-71(55)57)39-40-59(63)69-64(78)44-65(70-60-25-17-20-32-68(60)85-73(69)70)81(49(6)34-33-48(5)76(7,8)9)75-62(42-47(4)45-80-75)58-29-22-27-56-54-24-16-19-31-67(54)84-72(56)58/h15-45H,14,79H2,1-13H3/b48-33+,49-34+,74-61-. The van der Waals surface area contributed by atoms with Crippen LogP contribution in [0.15, 0.2) is 224 Å². The average molecular weight is 1120 g/mol. The summed E-state index contributed by atoms with van der Waals surface area (Å²) in [5, 5.41) is 6.31. The number of nitrogens with two attached hydrogens (primary N) is 1. The molecule has 1 unspecified atom stereocenters. The molecule has 4 heterocycles. The van der Waals surface area contributed by atoms with E-state index in [-0.39, 0.29) is 10.8 Å². The van der Waals surface area contributed by atoms with Crippen molar-refractivity contribution in [3.63, 3.8) is 0 Å². The molecular weight excluding hydrogens is 1040 g/mol. The maximum Gasteiger partial charge on any atom is 0.145 e. The number of allylic oxidation sites excluding steroid dienone is 7. The molecule has 2 N–H and O–H groups in total. The molecule has 0 radical (unpaired) electrons. The number of fused-ring (bicyclic) bond motifs is 13. The van der Waals surface area contributed by atoms with Gasteiger partial charge in [0.25, 0.3) is 0 Å². The zero-order valence-corrected chi connectivity index (χ0v) is 51.2. The van der Waals surface area contributed by atoms with Crippen molar-refractivity contribution < 1.29 is 13.3 Å². The lowest BCUT2D eigenvalue weighted by molar-refractivity contribution is 0.504. The molecule has 0 bridgehead atoms. The molecule has 7 nitrogen and oxygen atoms in total. The quantitative estimate of drug-likeness (QED) is 0.129. The fourth-order valence-corrected chi connectivity index (χ4v) is 12.8. The van der Waals surface area contributed by atoms with Crippen LogP contribution in [0.2, 0.25) is 0 Å². The Morgan fingerprint density at radius 2 is 1.16 bits per heavy atom. The van der Waals surface area contributed by atoms with Gasteiger partial charge in [0.15, 0.2) is 0 Å². The largest absolute Gasteiger partial charge is 0.455 e. The van der Waals surface area contributed by atoms with Crippen molar-refractivity contribution in [2.45, 2.75) is 107 Å². The highest BCUT2D eigenvalue weighted by Crippen LogP contribution is 2.58. The average Bonchev–Trinajstić information content (AvgIpc) is 1.59. The summed E-state index contributed by atoms with van der Waals surface area (Å²) in [6.45, 7) is 29.1. The van der Waals surface area contributed by atoms with Crippen LogP contribution in [0.25, 0.3) is 93.6 Å². The van der Waals surface area contributed by atoms with Gasteiger partial charge in [0, 0.05) is 83.4 Å². The molecule has 424 valence electrons. The Kier molecular flexibility index (Phi) is 13.2. The van der Waals surface area contributed by atoms with Crippen LogP contribution >= 0.6 is 0 Å². The third kappa shape index (κ3) is 9.14. The van der Waals surface area contributed by atoms with Gasteiger partial charge in [-0.2, -0.15) is 0 Å². The molecule has 0 amide bonds. The Balaban J connectivity index is 1.07. The number of aryl methyl sites for hydroxylation is 1. The lowest BCUT2D eigenvalue weighted by Crippen LogP contribution is -2.26. The van der Waals surface area contributed by atoms with Crippen LogP contribution in [0.1, 0.15) is 117 Å². The van der Waals surface area contributed by atoms with Crippen molar-refractivity contribution in [1.82, 2.24) is 4.98 Å². The summed E-state index contributed by atoms with van der Waals surface area (Å²) in [6, 6.07) is 58.4. The summed E-state index contributed by atoms with van der Waals surface area (Å²) in [4.78, 5) is 10.1. The highest BCUT2D eigenvalue weighted by atomic mass is 16.3. The minimum Gasteiger partial charge on any atom is -0.455 e. The zero-order chi connectivity index (χ0) is 59.4. The molecule has 0 saturated carbocycles. The predicted octanol–water partition coefficient (Wildman–Crippen LogP) is 22.2. The molecular formula is C78H74N4O3. The predicted molar refractivity (Wildman–Crippen MR) is 358 cm³/mol. The van der Waals surface area contributed by atoms with Gasteiger partial charge in [-0.1, -0.05) is 188 Å². The summed E-state index contributed by atoms with van der Waals surface area (Å²) in [6.07, 6.45) is 9.51. The molecule has 85 heavy (non-hydrogen) atoms. The van der Waals surface area contributed by atoms with E-state index in [1.54, 1.807) is 0 Å². The number of anilines is 4. The summed E-state index contributed by atoms with van der Waals surface area (Å²) in [7, 11) is 0. The van der Waals surface area contributed by atoms with Crippen molar-refractivity contribution in [1.29, 1.82) is 0 Å². The third-order valence-electron chi connectivity index (χ3n) is 18.0. The maximum atomic E-state index is 7.86. The van der Waals surface area contributed by atoms with Gasteiger partial charge in [-0.3, -0.25) is 9.80 Å². The van der Waals surface area contributed by atoms with Gasteiger partial charge < -0.3 is 19.0 Å². The van der Waals surface area contributed by atoms with Crippen LogP contribution in [0.4, 0.5) is 22.9 Å². The first-order valence-corrected chi connectivity index (χ1v) is 29.9. The van der Waals surface area contributed by atoms with E-state index in [4.69, 9.17) is 24.0 Å². The summed E-state index contributed by atoms with van der Waals surface area (Å²) < 4.78 is 20.9. The van der Waals surface area contributed by atoms with E-state index in [0.29, 0.717) is 5.82 Å². The molecule has 1 aliphatic rings. The Hall–Kier alpha value is -9.33. The zero-order valence-electron chi connectivity index (χ0n) is 51.2. The minimum absolute atomic E-state index is 0.0390. The molecule has 1 aliphatic carbocycles. The number of hydrogen-bond donors (Lipinski definition) is 1. The van der Waals surface area contributed by atoms with E-state index in [2.05, 4.69) is 258 Å². The molecule has 7 heteroatoms. The lowest BCUT2D eigenvalue weighted by atomic mass is 9.77. The van der Waals surface area contributed by atoms with Gasteiger partial charge >= 0.3 is 0 Å².